The van der Waals surface area contributed by atoms with E-state index in [4.69, 9.17) is 0 Å². The summed E-state index contributed by atoms with van der Waals surface area (Å²) in [6, 6.07) is 86.2. The molecule has 9 aromatic rings. The number of hydrogen-bond acceptors (Lipinski definition) is 1. The van der Waals surface area contributed by atoms with Crippen molar-refractivity contribution >= 4 is 22.6 Å². The van der Waals surface area contributed by atoms with Crippen LogP contribution in [0.4, 0.5) is 17.1 Å². The molecular formula is C64H51N. The Bertz CT molecular complexity index is 3100. The van der Waals surface area contributed by atoms with Gasteiger partial charge in [0.25, 0.3) is 0 Å². The van der Waals surface area contributed by atoms with Crippen LogP contribution in [0.2, 0.25) is 0 Å². The van der Waals surface area contributed by atoms with E-state index >= 15 is 0 Å². The van der Waals surface area contributed by atoms with Crippen LogP contribution in [0.15, 0.2) is 249 Å². The Balaban J connectivity index is 0.00000231. The first kappa shape index (κ1) is 40.1. The van der Waals surface area contributed by atoms with Crippen LogP contribution in [0.25, 0.3) is 27.8 Å². The first-order chi connectivity index (χ1) is 32.3. The summed E-state index contributed by atoms with van der Waals surface area (Å²) in [5.74, 6) is 0. The summed E-state index contributed by atoms with van der Waals surface area (Å²) in [5.41, 5.74) is 20.4. The zero-order valence-corrected chi connectivity index (χ0v) is 37.0. The lowest BCUT2D eigenvalue weighted by Gasteiger charge is -2.50. The van der Waals surface area contributed by atoms with Gasteiger partial charge >= 0.3 is 0 Å². The second-order valence-electron chi connectivity index (χ2n) is 17.1. The molecule has 3 aliphatic carbocycles. The van der Waals surface area contributed by atoms with E-state index in [0.717, 1.165) is 29.9 Å². The summed E-state index contributed by atoms with van der Waals surface area (Å²) in [6.07, 6.45) is 8.85. The van der Waals surface area contributed by atoms with Gasteiger partial charge in [0.2, 0.25) is 0 Å². The highest BCUT2D eigenvalue weighted by atomic mass is 15.1. The van der Waals surface area contributed by atoms with E-state index in [-0.39, 0.29) is 0 Å². The van der Waals surface area contributed by atoms with Crippen LogP contribution < -0.4 is 4.90 Å². The first-order valence-corrected chi connectivity index (χ1v) is 23.2. The lowest BCUT2D eigenvalue weighted by Crippen LogP contribution is -2.44. The predicted octanol–water partition coefficient (Wildman–Crippen LogP) is 16.6. The summed E-state index contributed by atoms with van der Waals surface area (Å²) in [6.45, 7) is 4.00. The van der Waals surface area contributed by atoms with Crippen molar-refractivity contribution in [2.24, 2.45) is 0 Å². The van der Waals surface area contributed by atoms with E-state index in [0.29, 0.717) is 0 Å². The molecule has 3 aliphatic rings. The molecule has 0 aromatic heterocycles. The molecule has 0 N–H and O–H groups in total. The standard InChI is InChI=1S/C62H45N.C2H6/c1-5-19-44(20-6-1)46-33-37-50(38-34-46)63(51-39-35-47(36-40-51)45-21-7-2-8-22-45)52-41-42-56-54(43-52)53-27-13-14-28-55(53)62(56)59-31-17-15-29-57(59)61(48-23-9-3-10-24-48,49-25-11-4-12-26-49)58-30-16-18-32-60(58)62;1-2/h1-7,9-21,23-43H,8,22H2;1-2H3. The van der Waals surface area contributed by atoms with Gasteiger partial charge in [0.15, 0.2) is 0 Å². The van der Waals surface area contributed by atoms with Gasteiger partial charge in [0.05, 0.1) is 10.8 Å². The zero-order valence-electron chi connectivity index (χ0n) is 37.0. The van der Waals surface area contributed by atoms with Crippen molar-refractivity contribution in [2.75, 3.05) is 4.90 Å². The van der Waals surface area contributed by atoms with E-state index in [1.807, 2.05) is 13.8 Å². The Kier molecular flexibility index (Phi) is 10.3. The second-order valence-corrected chi connectivity index (χ2v) is 17.1. The molecule has 0 fully saturated rings. The summed E-state index contributed by atoms with van der Waals surface area (Å²) >= 11 is 0. The van der Waals surface area contributed by atoms with Gasteiger partial charge in [-0.3, -0.25) is 0 Å². The topological polar surface area (TPSA) is 3.24 Å². The van der Waals surface area contributed by atoms with Crippen LogP contribution in [0.3, 0.4) is 0 Å². The van der Waals surface area contributed by atoms with Crippen LogP contribution in [-0.2, 0) is 10.8 Å². The molecule has 1 heteroatoms. The molecule has 0 unspecified atom stereocenters. The molecule has 65 heavy (non-hydrogen) atoms. The molecule has 0 radical (unpaired) electrons. The maximum absolute atomic E-state index is 2.46. The van der Waals surface area contributed by atoms with Crippen molar-refractivity contribution < 1.29 is 0 Å². The molecule has 0 saturated carbocycles. The van der Waals surface area contributed by atoms with Gasteiger partial charge < -0.3 is 4.90 Å². The van der Waals surface area contributed by atoms with Crippen LogP contribution in [-0.4, -0.2) is 0 Å². The van der Waals surface area contributed by atoms with Gasteiger partial charge in [0.1, 0.15) is 0 Å². The Morgan fingerprint density at radius 2 is 0.785 bits per heavy atom. The summed E-state index contributed by atoms with van der Waals surface area (Å²) in [5, 5.41) is 0. The van der Waals surface area contributed by atoms with Crippen molar-refractivity contribution in [3.05, 3.63) is 299 Å². The summed E-state index contributed by atoms with van der Waals surface area (Å²) < 4.78 is 0. The van der Waals surface area contributed by atoms with Gasteiger partial charge in [-0.1, -0.05) is 226 Å². The van der Waals surface area contributed by atoms with E-state index in [1.165, 1.54) is 77.9 Å². The third-order valence-corrected chi connectivity index (χ3v) is 13.9. The molecule has 1 nitrogen and oxygen atoms in total. The monoisotopic (exact) mass is 833 g/mol. The van der Waals surface area contributed by atoms with E-state index in [1.54, 1.807) is 0 Å². The van der Waals surface area contributed by atoms with Gasteiger partial charge in [-0.15, -0.1) is 0 Å². The Morgan fingerprint density at radius 1 is 0.354 bits per heavy atom. The first-order valence-electron chi connectivity index (χ1n) is 23.2. The average Bonchev–Trinajstić information content (AvgIpc) is 3.69. The molecule has 312 valence electrons. The minimum Gasteiger partial charge on any atom is -0.310 e. The molecule has 0 bridgehead atoms. The highest BCUT2D eigenvalue weighted by Crippen LogP contribution is 2.65. The van der Waals surface area contributed by atoms with Crippen LogP contribution in [0.1, 0.15) is 76.8 Å². The van der Waals surface area contributed by atoms with Crippen LogP contribution in [0.5, 0.6) is 0 Å². The number of anilines is 3. The average molecular weight is 834 g/mol. The van der Waals surface area contributed by atoms with Gasteiger partial charge in [-0.25, -0.2) is 0 Å². The molecular weight excluding hydrogens is 783 g/mol. The highest BCUT2D eigenvalue weighted by molar-refractivity contribution is 5.92. The predicted molar refractivity (Wildman–Crippen MR) is 273 cm³/mol. The Labute approximate surface area is 384 Å². The van der Waals surface area contributed by atoms with Crippen molar-refractivity contribution in [1.29, 1.82) is 0 Å². The van der Waals surface area contributed by atoms with E-state index in [2.05, 4.69) is 254 Å². The fourth-order valence-electron chi connectivity index (χ4n) is 11.3. The van der Waals surface area contributed by atoms with Crippen molar-refractivity contribution in [2.45, 2.75) is 37.5 Å². The molecule has 9 aromatic carbocycles. The van der Waals surface area contributed by atoms with Crippen molar-refractivity contribution in [3.63, 3.8) is 0 Å². The molecule has 12 rings (SSSR count). The van der Waals surface area contributed by atoms with Gasteiger partial charge in [0, 0.05) is 17.1 Å². The highest BCUT2D eigenvalue weighted by Gasteiger charge is 2.56. The number of benzene rings is 9. The minimum absolute atomic E-state index is 0.530. The number of rotatable bonds is 7. The molecule has 0 saturated heterocycles. The second kappa shape index (κ2) is 16.8. The molecule has 1 spiro atoms. The fraction of sp³-hybridized carbons (Fsp3) is 0.0938. The molecule has 0 atom stereocenters. The number of allylic oxidation sites excluding steroid dienone is 4. The number of fused-ring (bicyclic) bond motifs is 9. The van der Waals surface area contributed by atoms with E-state index in [9.17, 15) is 0 Å². The van der Waals surface area contributed by atoms with Crippen LogP contribution >= 0.6 is 0 Å². The van der Waals surface area contributed by atoms with Crippen LogP contribution in [0, 0.1) is 0 Å². The maximum atomic E-state index is 2.46. The third-order valence-electron chi connectivity index (χ3n) is 13.9. The zero-order chi connectivity index (χ0) is 43.8. The Morgan fingerprint density at radius 3 is 1.32 bits per heavy atom. The molecule has 0 amide bonds. The summed E-state index contributed by atoms with van der Waals surface area (Å²) in [4.78, 5) is 2.43. The SMILES string of the molecule is C1=CCCC(c2ccc(N(c3ccc(-c4ccccc4)cc3)c3ccc4c(c3)-c3ccccc3C43c4ccccc4C(c4ccccc4)(c4ccccc4)c4ccccc43)cc2)=C1.CC. The van der Waals surface area contributed by atoms with Crippen molar-refractivity contribution in [1.82, 2.24) is 0 Å². The normalized spacial score (nSPS) is 14.5. The number of hydrogen-bond donors (Lipinski definition) is 0. The molecule has 0 aliphatic heterocycles. The lowest BCUT2D eigenvalue weighted by molar-refractivity contribution is 0.623. The van der Waals surface area contributed by atoms with Gasteiger partial charge in [-0.05, 0) is 127 Å². The van der Waals surface area contributed by atoms with E-state index < -0.39 is 10.8 Å². The minimum atomic E-state index is -0.545. The quantitative estimate of drug-likeness (QED) is 0.155. The molecule has 0 heterocycles. The maximum Gasteiger partial charge on any atom is 0.0720 e. The van der Waals surface area contributed by atoms with Gasteiger partial charge in [-0.2, -0.15) is 0 Å². The Hall–Kier alpha value is -7.74. The smallest absolute Gasteiger partial charge is 0.0720 e. The number of nitrogens with zero attached hydrogens (tertiary/aromatic N) is 1. The lowest BCUT2D eigenvalue weighted by atomic mass is 9.51. The third kappa shape index (κ3) is 6.29. The van der Waals surface area contributed by atoms with Crippen molar-refractivity contribution in [3.8, 4) is 22.3 Å². The summed E-state index contributed by atoms with van der Waals surface area (Å²) in [7, 11) is 0. The largest absolute Gasteiger partial charge is 0.310 e. The fourth-order valence-corrected chi connectivity index (χ4v) is 11.3.